The minimum absolute atomic E-state index is 0.182. The minimum atomic E-state index is -1.02. The number of benzene rings is 2. The summed E-state index contributed by atoms with van der Waals surface area (Å²) in [6.45, 7) is 0. The molecule has 0 fully saturated rings. The van der Waals surface area contributed by atoms with Crippen LogP contribution in [0.4, 0.5) is 0 Å². The van der Waals surface area contributed by atoms with E-state index in [1.807, 2.05) is 80.5 Å². The number of rotatable bonds is 6. The molecule has 8 heteroatoms. The summed E-state index contributed by atoms with van der Waals surface area (Å²) in [5.74, 6) is 0.567. The Morgan fingerprint density at radius 3 is 1.96 bits per heavy atom. The fraction of sp³-hybridized carbons (Fsp3) is 0.133. The van der Waals surface area contributed by atoms with Gasteiger partial charge in [0, 0.05) is 52.1 Å². The molecular weight excluding hydrogens is 639 g/mol. The highest BCUT2D eigenvalue weighted by atomic mass is 127. The van der Waals surface area contributed by atoms with Crippen LogP contribution in [-0.2, 0) is 11.2 Å². The fourth-order valence-corrected chi connectivity index (χ4v) is 3.00. The van der Waals surface area contributed by atoms with Crippen LogP contribution in [0, 0.1) is 0 Å². The summed E-state index contributed by atoms with van der Waals surface area (Å²) in [5, 5.41) is 18.7. The molecule has 0 radical (unpaired) electrons. The molecule has 0 amide bonds. The van der Waals surface area contributed by atoms with E-state index in [9.17, 15) is 15.0 Å². The summed E-state index contributed by atoms with van der Waals surface area (Å²) < 4.78 is 6.29. The van der Waals surface area contributed by atoms with Gasteiger partial charge in [-0.2, -0.15) is 1.33 Å². The topological polar surface area (TPSA) is 70.0 Å². The summed E-state index contributed by atoms with van der Waals surface area (Å²) in [6, 6.07) is 13.7. The molecule has 0 aliphatic rings. The Hall–Kier alpha value is -0.340. The first-order valence-electron chi connectivity index (χ1n) is 6.41. The molecule has 2 aromatic carbocycles. The van der Waals surface area contributed by atoms with Crippen molar-refractivity contribution in [2.24, 2.45) is 0 Å². The summed E-state index contributed by atoms with van der Waals surface area (Å²) >= 11 is 5.89. The molecule has 122 valence electrons. The van der Waals surface area contributed by atoms with Crippen molar-refractivity contribution in [1.82, 2.24) is 1.33 Å². The molecule has 0 aliphatic heterocycles. The second-order valence-electron chi connectivity index (χ2n) is 4.71. The highest BCUT2D eigenvalue weighted by molar-refractivity contribution is 14.2. The molecule has 1 unspecified atom stereocenters. The molecule has 0 saturated heterocycles. The van der Waals surface area contributed by atoms with Crippen LogP contribution in [0.5, 0.6) is 17.2 Å². The van der Waals surface area contributed by atoms with E-state index in [1.165, 1.54) is 0 Å². The van der Waals surface area contributed by atoms with Crippen molar-refractivity contribution in [3.8, 4) is 17.2 Å². The van der Waals surface area contributed by atoms with Crippen molar-refractivity contribution in [2.45, 2.75) is 9.97 Å². The van der Waals surface area contributed by atoms with E-state index in [-0.39, 0.29) is 5.75 Å². The van der Waals surface area contributed by atoms with Crippen molar-refractivity contribution in [2.75, 3.05) is 0 Å². The smallest absolute Gasteiger partial charge is 0.336 e. The SMILES string of the molecule is O=C(O)C(I)(Cc1ccc(Oc2ccc(O)cc2)cc1)N(I)I. The standard InChI is InChI=1S/C15H12I3NO4/c16-15(14(21)22,19(17)18)9-10-1-5-12(6-2-10)23-13-7-3-11(20)4-8-13/h1-8,20H,9H2,(H,21,22). The van der Waals surface area contributed by atoms with Gasteiger partial charge in [-0.25, -0.2) is 4.79 Å². The van der Waals surface area contributed by atoms with E-state index in [0.717, 1.165) is 5.56 Å². The lowest BCUT2D eigenvalue weighted by atomic mass is 10.1. The van der Waals surface area contributed by atoms with Crippen molar-refractivity contribution in [1.29, 1.82) is 0 Å². The van der Waals surface area contributed by atoms with Crippen molar-refractivity contribution in [3.05, 3.63) is 54.1 Å². The molecule has 0 bridgehead atoms. The third kappa shape index (κ3) is 5.06. The number of alkyl halides is 1. The maximum absolute atomic E-state index is 11.5. The zero-order valence-corrected chi connectivity index (χ0v) is 18.1. The minimum Gasteiger partial charge on any atom is -0.508 e. The number of aromatic hydroxyl groups is 1. The Kier molecular flexibility index (Phi) is 6.74. The van der Waals surface area contributed by atoms with Crippen molar-refractivity contribution < 1.29 is 19.7 Å². The van der Waals surface area contributed by atoms with Crippen LogP contribution in [0.1, 0.15) is 5.56 Å². The van der Waals surface area contributed by atoms with Gasteiger partial charge in [0.1, 0.15) is 17.2 Å². The molecule has 2 aromatic rings. The van der Waals surface area contributed by atoms with Crippen LogP contribution in [0.15, 0.2) is 48.5 Å². The number of carboxylic acid groups (broad SMARTS) is 1. The molecule has 23 heavy (non-hydrogen) atoms. The number of carboxylic acids is 1. The van der Waals surface area contributed by atoms with Gasteiger partial charge >= 0.3 is 5.97 Å². The molecule has 2 N–H and O–H groups in total. The third-order valence-corrected chi connectivity index (χ3v) is 7.85. The predicted molar refractivity (Wildman–Crippen MR) is 113 cm³/mol. The Bertz CT molecular complexity index is 676. The summed E-state index contributed by atoms with van der Waals surface area (Å²) in [4.78, 5) is 11.5. The molecule has 0 saturated carbocycles. The Labute approximate surface area is 175 Å². The number of phenolic OH excluding ortho intramolecular Hbond substituents is 1. The molecule has 1 atom stereocenters. The number of carbonyl (C=O) groups is 1. The normalized spacial score (nSPS) is 13.6. The second-order valence-corrected chi connectivity index (χ2v) is 10.3. The summed E-state index contributed by atoms with van der Waals surface area (Å²) in [7, 11) is 0. The number of hydrogen-bond donors (Lipinski definition) is 2. The first-order chi connectivity index (χ1) is 10.8. The zero-order valence-electron chi connectivity index (χ0n) is 11.6. The highest BCUT2D eigenvalue weighted by Crippen LogP contribution is 2.35. The number of aliphatic carboxylic acids is 1. The van der Waals surface area contributed by atoms with E-state index in [1.54, 1.807) is 37.7 Å². The van der Waals surface area contributed by atoms with Gasteiger partial charge in [0.05, 0.1) is 0 Å². The molecule has 0 aromatic heterocycles. The van der Waals surface area contributed by atoms with Crippen LogP contribution in [0.25, 0.3) is 0 Å². The first-order valence-corrected chi connectivity index (χ1v) is 9.42. The van der Waals surface area contributed by atoms with Crippen LogP contribution < -0.4 is 4.74 Å². The monoisotopic (exact) mass is 651 g/mol. The second kappa shape index (κ2) is 8.16. The lowest BCUT2D eigenvalue weighted by Gasteiger charge is -2.26. The van der Waals surface area contributed by atoms with E-state index in [4.69, 9.17) is 4.74 Å². The fourth-order valence-electron chi connectivity index (χ4n) is 1.80. The van der Waals surface area contributed by atoms with Crippen LogP contribution >= 0.6 is 68.3 Å². The number of hydrogen-bond acceptors (Lipinski definition) is 4. The van der Waals surface area contributed by atoms with Gasteiger partial charge < -0.3 is 14.9 Å². The van der Waals surface area contributed by atoms with E-state index < -0.39 is 9.51 Å². The molecule has 5 nitrogen and oxygen atoms in total. The largest absolute Gasteiger partial charge is 0.508 e. The van der Waals surface area contributed by atoms with Crippen LogP contribution in [0.3, 0.4) is 0 Å². The van der Waals surface area contributed by atoms with Gasteiger partial charge in [0.2, 0.25) is 0 Å². The maximum atomic E-state index is 11.5. The van der Waals surface area contributed by atoms with Crippen LogP contribution in [0.2, 0.25) is 0 Å². The van der Waals surface area contributed by atoms with Gasteiger partial charge in [-0.3, -0.25) is 0 Å². The predicted octanol–water partition coefficient (Wildman–Crippen LogP) is 4.94. The van der Waals surface area contributed by atoms with Gasteiger partial charge in [0.15, 0.2) is 3.55 Å². The average molecular weight is 651 g/mol. The lowest BCUT2D eigenvalue weighted by molar-refractivity contribution is -0.140. The number of ether oxygens (including phenoxy) is 1. The van der Waals surface area contributed by atoms with Crippen molar-refractivity contribution in [3.63, 3.8) is 0 Å². The molecular formula is C15H12I3NO4. The summed E-state index contributed by atoms with van der Waals surface area (Å²) in [5.41, 5.74) is 0.901. The third-order valence-electron chi connectivity index (χ3n) is 3.03. The average Bonchev–Trinajstić information content (AvgIpc) is 2.51. The van der Waals surface area contributed by atoms with E-state index in [0.29, 0.717) is 17.9 Å². The quantitative estimate of drug-likeness (QED) is 0.201. The van der Waals surface area contributed by atoms with E-state index >= 15 is 0 Å². The van der Waals surface area contributed by atoms with Gasteiger partial charge in [0.25, 0.3) is 0 Å². The zero-order chi connectivity index (χ0) is 17.0. The van der Waals surface area contributed by atoms with Crippen LogP contribution in [-0.4, -0.2) is 21.1 Å². The highest BCUT2D eigenvalue weighted by Gasteiger charge is 2.40. The molecule has 0 spiro atoms. The Morgan fingerprint density at radius 1 is 1.04 bits per heavy atom. The van der Waals surface area contributed by atoms with Gasteiger partial charge in [-0.1, -0.05) is 12.1 Å². The van der Waals surface area contributed by atoms with E-state index in [2.05, 4.69) is 0 Å². The molecule has 0 aliphatic carbocycles. The summed E-state index contributed by atoms with van der Waals surface area (Å²) in [6.07, 6.45) is 0.369. The number of halogens is 3. The molecule has 2 rings (SSSR count). The first kappa shape index (κ1) is 19.0. The van der Waals surface area contributed by atoms with Crippen molar-refractivity contribution >= 4 is 74.3 Å². The van der Waals surface area contributed by atoms with Gasteiger partial charge in [-0.05, 0) is 64.6 Å². The Morgan fingerprint density at radius 2 is 1.52 bits per heavy atom. The number of nitrogens with zero attached hydrogens (tertiary/aromatic N) is 1. The maximum Gasteiger partial charge on any atom is 0.336 e. The lowest BCUT2D eigenvalue weighted by Crippen LogP contribution is -2.41. The molecule has 0 heterocycles. The Balaban J connectivity index is 2.10. The van der Waals surface area contributed by atoms with Gasteiger partial charge in [-0.15, -0.1) is 0 Å². The number of phenols is 1.